The number of fused-ring (bicyclic) bond motifs is 2. The number of ketones is 1. The molecule has 0 radical (unpaired) electrons. The van der Waals surface area contributed by atoms with E-state index in [1.54, 1.807) is 7.11 Å². The van der Waals surface area contributed by atoms with E-state index in [9.17, 15) is 4.79 Å². The van der Waals surface area contributed by atoms with Crippen LogP contribution in [0.5, 0.6) is 5.75 Å². The first-order chi connectivity index (χ1) is 8.78. The highest BCUT2D eigenvalue weighted by Gasteiger charge is 2.19. The molecule has 3 rings (SSSR count). The third-order valence-electron chi connectivity index (χ3n) is 3.47. The average Bonchev–Trinajstić information content (AvgIpc) is 2.54. The molecule has 0 aromatic heterocycles. The van der Waals surface area contributed by atoms with Crippen molar-refractivity contribution in [3.8, 4) is 5.75 Å². The van der Waals surface area contributed by atoms with Gasteiger partial charge in [0, 0.05) is 12.0 Å². The van der Waals surface area contributed by atoms with Crippen molar-refractivity contribution in [2.24, 2.45) is 0 Å². The Hall–Kier alpha value is -2.09. The first-order valence-electron chi connectivity index (χ1n) is 6.05. The van der Waals surface area contributed by atoms with Gasteiger partial charge in [0.15, 0.2) is 5.78 Å². The van der Waals surface area contributed by atoms with Crippen LogP contribution in [0, 0.1) is 0 Å². The topological polar surface area (TPSA) is 26.3 Å². The zero-order valence-electron chi connectivity index (χ0n) is 10.3. The van der Waals surface area contributed by atoms with Gasteiger partial charge in [0.2, 0.25) is 0 Å². The van der Waals surface area contributed by atoms with Gasteiger partial charge < -0.3 is 4.74 Å². The van der Waals surface area contributed by atoms with E-state index >= 15 is 0 Å². The minimum absolute atomic E-state index is 0.175. The largest absolute Gasteiger partial charge is 0.497 e. The fourth-order valence-corrected chi connectivity index (χ4v) is 2.47. The van der Waals surface area contributed by atoms with Crippen LogP contribution in [0.25, 0.3) is 0 Å². The third-order valence-corrected chi connectivity index (χ3v) is 3.47. The van der Waals surface area contributed by atoms with Gasteiger partial charge >= 0.3 is 0 Å². The molecule has 0 spiro atoms. The third kappa shape index (κ3) is 1.80. The Balaban J connectivity index is 2.13. The molecule has 0 saturated carbocycles. The summed E-state index contributed by atoms with van der Waals surface area (Å²) in [6.07, 6.45) is 1.30. The Labute approximate surface area is 106 Å². The van der Waals surface area contributed by atoms with Crippen molar-refractivity contribution < 1.29 is 9.53 Å². The number of benzene rings is 2. The van der Waals surface area contributed by atoms with Crippen molar-refractivity contribution in [3.05, 3.63) is 64.7 Å². The molecule has 2 aromatic carbocycles. The Bertz CT molecular complexity index is 614. The maximum absolute atomic E-state index is 12.3. The second-order valence-corrected chi connectivity index (χ2v) is 4.57. The van der Waals surface area contributed by atoms with Crippen LogP contribution in [0.15, 0.2) is 42.5 Å². The molecule has 2 heteroatoms. The molecule has 0 N–H and O–H groups in total. The van der Waals surface area contributed by atoms with Gasteiger partial charge in [-0.25, -0.2) is 0 Å². The molecule has 0 heterocycles. The van der Waals surface area contributed by atoms with Crippen LogP contribution in [-0.4, -0.2) is 12.9 Å². The highest BCUT2D eigenvalue weighted by atomic mass is 16.5. The van der Waals surface area contributed by atoms with Gasteiger partial charge in [-0.1, -0.05) is 30.3 Å². The summed E-state index contributed by atoms with van der Waals surface area (Å²) >= 11 is 0. The quantitative estimate of drug-likeness (QED) is 0.763. The van der Waals surface area contributed by atoms with Gasteiger partial charge in [0.1, 0.15) is 5.75 Å². The van der Waals surface area contributed by atoms with Crippen LogP contribution in [0.3, 0.4) is 0 Å². The zero-order chi connectivity index (χ0) is 12.5. The van der Waals surface area contributed by atoms with Crippen LogP contribution < -0.4 is 4.74 Å². The number of rotatable bonds is 1. The molecular formula is C16H14O2. The minimum atomic E-state index is 0.175. The predicted octanol–water partition coefficient (Wildman–Crippen LogP) is 3.02. The van der Waals surface area contributed by atoms with E-state index in [-0.39, 0.29) is 5.78 Å². The minimum Gasteiger partial charge on any atom is -0.497 e. The first-order valence-corrected chi connectivity index (χ1v) is 6.05. The molecule has 1 aliphatic carbocycles. The lowest BCUT2D eigenvalue weighted by atomic mass is 10.0. The highest BCUT2D eigenvalue weighted by molar-refractivity contribution is 6.00. The molecular weight excluding hydrogens is 224 g/mol. The first kappa shape index (κ1) is 11.0. The smallest absolute Gasteiger partial charge is 0.167 e. The Morgan fingerprint density at radius 1 is 0.944 bits per heavy atom. The van der Waals surface area contributed by atoms with E-state index in [2.05, 4.69) is 6.07 Å². The summed E-state index contributed by atoms with van der Waals surface area (Å²) in [6, 6.07) is 13.9. The number of carbonyl (C=O) groups excluding carboxylic acids is 1. The van der Waals surface area contributed by atoms with Crippen molar-refractivity contribution in [2.75, 3.05) is 7.11 Å². The standard InChI is InChI=1S/C16H14O2/c1-18-14-7-6-13-8-11-4-2-3-5-12(11)9-16(17)15(13)10-14/h2-7,10H,8-9H2,1H3. The summed E-state index contributed by atoms with van der Waals surface area (Å²) < 4.78 is 5.19. The molecule has 0 atom stereocenters. The maximum Gasteiger partial charge on any atom is 0.167 e. The summed E-state index contributed by atoms with van der Waals surface area (Å²) in [4.78, 5) is 12.3. The monoisotopic (exact) mass is 238 g/mol. The maximum atomic E-state index is 12.3. The Morgan fingerprint density at radius 2 is 1.67 bits per heavy atom. The molecule has 2 aromatic rings. The molecule has 1 aliphatic rings. The fourth-order valence-electron chi connectivity index (χ4n) is 2.47. The van der Waals surface area contributed by atoms with Gasteiger partial charge in [0.25, 0.3) is 0 Å². The highest BCUT2D eigenvalue weighted by Crippen LogP contribution is 2.27. The summed E-state index contributed by atoms with van der Waals surface area (Å²) in [5.41, 5.74) is 4.27. The second-order valence-electron chi connectivity index (χ2n) is 4.57. The average molecular weight is 238 g/mol. The number of carbonyl (C=O) groups is 1. The predicted molar refractivity (Wildman–Crippen MR) is 70.3 cm³/mol. The summed E-state index contributed by atoms with van der Waals surface area (Å²) in [7, 11) is 1.62. The molecule has 18 heavy (non-hydrogen) atoms. The van der Waals surface area contributed by atoms with Gasteiger partial charge in [-0.15, -0.1) is 0 Å². The fraction of sp³-hybridized carbons (Fsp3) is 0.188. The Morgan fingerprint density at radius 3 is 2.39 bits per heavy atom. The molecule has 90 valence electrons. The van der Waals surface area contributed by atoms with Crippen LogP contribution >= 0.6 is 0 Å². The second kappa shape index (κ2) is 4.30. The number of hydrogen-bond acceptors (Lipinski definition) is 2. The number of ether oxygens (including phenoxy) is 1. The van der Waals surface area contributed by atoms with E-state index in [1.165, 1.54) is 5.56 Å². The lowest BCUT2D eigenvalue weighted by Gasteiger charge is -2.07. The lowest BCUT2D eigenvalue weighted by Crippen LogP contribution is -2.04. The van der Waals surface area contributed by atoms with Crippen molar-refractivity contribution in [1.82, 2.24) is 0 Å². The van der Waals surface area contributed by atoms with Gasteiger partial charge in [0.05, 0.1) is 7.11 Å². The molecule has 0 unspecified atom stereocenters. The van der Waals surface area contributed by atoms with Crippen LogP contribution in [0.4, 0.5) is 0 Å². The number of Topliss-reactive ketones (excluding diaryl/α,β-unsaturated/α-hetero) is 1. The molecule has 2 nitrogen and oxygen atoms in total. The van der Waals surface area contributed by atoms with Crippen LogP contribution in [-0.2, 0) is 12.8 Å². The van der Waals surface area contributed by atoms with Crippen molar-refractivity contribution in [2.45, 2.75) is 12.8 Å². The SMILES string of the molecule is COc1ccc2c(c1)C(=O)Cc1ccccc1C2. The van der Waals surface area contributed by atoms with Crippen LogP contribution in [0.1, 0.15) is 27.0 Å². The van der Waals surface area contributed by atoms with E-state index in [1.807, 2.05) is 36.4 Å². The van der Waals surface area contributed by atoms with Gasteiger partial charge in [-0.3, -0.25) is 4.79 Å². The molecule has 0 fully saturated rings. The van der Waals surface area contributed by atoms with E-state index in [4.69, 9.17) is 4.74 Å². The van der Waals surface area contributed by atoms with E-state index in [0.717, 1.165) is 28.9 Å². The zero-order valence-corrected chi connectivity index (χ0v) is 10.3. The number of hydrogen-bond donors (Lipinski definition) is 0. The molecule has 0 bridgehead atoms. The van der Waals surface area contributed by atoms with Gasteiger partial charge in [-0.2, -0.15) is 0 Å². The van der Waals surface area contributed by atoms with Crippen LogP contribution in [0.2, 0.25) is 0 Å². The lowest BCUT2D eigenvalue weighted by molar-refractivity contribution is 0.0993. The normalized spacial score (nSPS) is 13.5. The number of methoxy groups -OCH3 is 1. The van der Waals surface area contributed by atoms with Crippen molar-refractivity contribution >= 4 is 5.78 Å². The summed E-state index contributed by atoms with van der Waals surface area (Å²) in [6.45, 7) is 0. The summed E-state index contributed by atoms with van der Waals surface area (Å²) in [5.74, 6) is 0.918. The van der Waals surface area contributed by atoms with E-state index < -0.39 is 0 Å². The molecule has 0 saturated heterocycles. The molecule has 0 aliphatic heterocycles. The molecule has 0 amide bonds. The van der Waals surface area contributed by atoms with E-state index in [0.29, 0.717) is 6.42 Å². The summed E-state index contributed by atoms with van der Waals surface area (Å²) in [5, 5.41) is 0. The Kier molecular flexibility index (Phi) is 2.63. The van der Waals surface area contributed by atoms with Crippen molar-refractivity contribution in [3.63, 3.8) is 0 Å². The van der Waals surface area contributed by atoms with Crippen molar-refractivity contribution in [1.29, 1.82) is 0 Å². The van der Waals surface area contributed by atoms with Gasteiger partial charge in [-0.05, 0) is 35.2 Å².